The Morgan fingerprint density at radius 1 is 1.00 bits per heavy atom. The van der Waals surface area contributed by atoms with Gasteiger partial charge in [0.05, 0.1) is 5.56 Å². The summed E-state index contributed by atoms with van der Waals surface area (Å²) in [5.41, 5.74) is 2.61. The number of para-hydroxylation sites is 1. The van der Waals surface area contributed by atoms with Crippen molar-refractivity contribution in [3.63, 3.8) is 0 Å². The molecule has 2 aromatic carbocycles. The van der Waals surface area contributed by atoms with Gasteiger partial charge in [0.1, 0.15) is 12.4 Å². The van der Waals surface area contributed by atoms with Crippen molar-refractivity contribution in [2.45, 2.75) is 6.61 Å². The molecule has 3 aromatic rings. The third-order valence-electron chi connectivity index (χ3n) is 3.78. The molecule has 1 aromatic heterocycles. The molecule has 0 radical (unpaired) electrons. The molecular weight excluding hydrogens is 298 g/mol. The quantitative estimate of drug-likeness (QED) is 0.495. The highest BCUT2D eigenvalue weighted by atomic mass is 16.5. The van der Waals surface area contributed by atoms with Crippen LogP contribution < -0.4 is 4.74 Å². The normalized spacial score (nSPS) is 10.9. The molecule has 120 valence electrons. The Balaban J connectivity index is 1.75. The molecule has 0 fully saturated rings. The van der Waals surface area contributed by atoms with Crippen molar-refractivity contribution in [3.8, 4) is 5.75 Å². The minimum absolute atomic E-state index is 0.0696. The van der Waals surface area contributed by atoms with Crippen LogP contribution in [0.2, 0.25) is 0 Å². The van der Waals surface area contributed by atoms with Gasteiger partial charge < -0.3 is 9.30 Å². The van der Waals surface area contributed by atoms with E-state index in [9.17, 15) is 4.79 Å². The lowest BCUT2D eigenvalue weighted by molar-refractivity contribution is 0.104. The third kappa shape index (κ3) is 3.82. The summed E-state index contributed by atoms with van der Waals surface area (Å²) in [6, 6.07) is 21.1. The molecule has 0 N–H and O–H groups in total. The first-order chi connectivity index (χ1) is 11.7. The van der Waals surface area contributed by atoms with Crippen LogP contribution >= 0.6 is 0 Å². The number of aryl methyl sites for hydroxylation is 1. The van der Waals surface area contributed by atoms with Crippen LogP contribution in [-0.4, -0.2) is 10.4 Å². The molecule has 3 nitrogen and oxygen atoms in total. The zero-order chi connectivity index (χ0) is 16.8. The van der Waals surface area contributed by atoms with E-state index in [1.807, 2.05) is 84.6 Å². The zero-order valence-electron chi connectivity index (χ0n) is 13.6. The number of hydrogen-bond acceptors (Lipinski definition) is 2. The van der Waals surface area contributed by atoms with Gasteiger partial charge in [-0.05, 0) is 42.0 Å². The molecule has 0 bridgehead atoms. The second-order valence-electron chi connectivity index (χ2n) is 5.51. The third-order valence-corrected chi connectivity index (χ3v) is 3.78. The number of ether oxygens (including phenoxy) is 1. The smallest absolute Gasteiger partial charge is 0.189 e. The predicted octanol–water partition coefficient (Wildman–Crippen LogP) is 4.50. The number of allylic oxidation sites excluding steroid dienone is 1. The fourth-order valence-corrected chi connectivity index (χ4v) is 2.43. The number of ketones is 1. The van der Waals surface area contributed by atoms with Gasteiger partial charge in [0.2, 0.25) is 0 Å². The van der Waals surface area contributed by atoms with E-state index < -0.39 is 0 Å². The van der Waals surface area contributed by atoms with E-state index in [0.717, 1.165) is 11.3 Å². The monoisotopic (exact) mass is 317 g/mol. The van der Waals surface area contributed by atoms with Crippen molar-refractivity contribution in [2.75, 3.05) is 0 Å². The number of aromatic nitrogens is 1. The maximum atomic E-state index is 12.5. The van der Waals surface area contributed by atoms with Gasteiger partial charge >= 0.3 is 0 Å². The Hall–Kier alpha value is -3.07. The van der Waals surface area contributed by atoms with Crippen LogP contribution in [0.25, 0.3) is 6.08 Å². The van der Waals surface area contributed by atoms with Crippen LogP contribution in [0.4, 0.5) is 0 Å². The summed E-state index contributed by atoms with van der Waals surface area (Å²) in [6.45, 7) is 0.437. The molecule has 3 rings (SSSR count). The Bertz CT molecular complexity index is 847. The average molecular weight is 317 g/mol. The highest BCUT2D eigenvalue weighted by molar-refractivity contribution is 6.08. The topological polar surface area (TPSA) is 31.2 Å². The van der Waals surface area contributed by atoms with Gasteiger partial charge in [0, 0.05) is 18.9 Å². The largest absolute Gasteiger partial charge is 0.488 e. The maximum Gasteiger partial charge on any atom is 0.189 e. The molecule has 0 atom stereocenters. The number of rotatable bonds is 6. The molecular formula is C21H19NO2. The molecule has 0 amide bonds. The highest BCUT2D eigenvalue weighted by Crippen LogP contribution is 2.20. The molecule has 0 aliphatic carbocycles. The molecule has 0 unspecified atom stereocenters. The van der Waals surface area contributed by atoms with Crippen molar-refractivity contribution in [3.05, 3.63) is 95.8 Å². The van der Waals surface area contributed by atoms with Gasteiger partial charge in [-0.3, -0.25) is 4.79 Å². The van der Waals surface area contributed by atoms with Crippen molar-refractivity contribution < 1.29 is 9.53 Å². The fourth-order valence-electron chi connectivity index (χ4n) is 2.43. The molecule has 0 saturated heterocycles. The van der Waals surface area contributed by atoms with Crippen LogP contribution in [0.3, 0.4) is 0 Å². The first-order valence-electron chi connectivity index (χ1n) is 7.83. The van der Waals surface area contributed by atoms with Crippen LogP contribution in [0, 0.1) is 0 Å². The molecule has 1 heterocycles. The van der Waals surface area contributed by atoms with Crippen molar-refractivity contribution in [1.82, 2.24) is 4.57 Å². The van der Waals surface area contributed by atoms with Crippen molar-refractivity contribution >= 4 is 11.9 Å². The lowest BCUT2D eigenvalue weighted by atomic mass is 10.1. The molecule has 0 spiro atoms. The number of nitrogens with zero attached hydrogens (tertiary/aromatic N) is 1. The summed E-state index contributed by atoms with van der Waals surface area (Å²) in [4.78, 5) is 12.5. The van der Waals surface area contributed by atoms with Gasteiger partial charge in [-0.15, -0.1) is 0 Å². The van der Waals surface area contributed by atoms with Crippen LogP contribution in [0.5, 0.6) is 5.75 Å². The van der Waals surface area contributed by atoms with Crippen LogP contribution in [0.15, 0.2) is 79.0 Å². The second-order valence-corrected chi connectivity index (χ2v) is 5.51. The molecule has 0 aliphatic rings. The van der Waals surface area contributed by atoms with E-state index in [0.29, 0.717) is 17.9 Å². The maximum absolute atomic E-state index is 12.5. The van der Waals surface area contributed by atoms with Gasteiger partial charge in [0.25, 0.3) is 0 Å². The number of carbonyl (C=O) groups excluding carboxylic acids is 1. The van der Waals surface area contributed by atoms with Gasteiger partial charge in [-0.1, -0.05) is 42.5 Å². The van der Waals surface area contributed by atoms with Gasteiger partial charge in [-0.25, -0.2) is 0 Å². The minimum atomic E-state index is -0.0696. The van der Waals surface area contributed by atoms with Gasteiger partial charge in [0.15, 0.2) is 5.78 Å². The van der Waals surface area contributed by atoms with E-state index in [4.69, 9.17) is 4.74 Å². The Morgan fingerprint density at radius 3 is 2.50 bits per heavy atom. The minimum Gasteiger partial charge on any atom is -0.488 e. The Labute approximate surface area is 141 Å². The summed E-state index contributed by atoms with van der Waals surface area (Å²) >= 11 is 0. The van der Waals surface area contributed by atoms with E-state index in [2.05, 4.69) is 0 Å². The van der Waals surface area contributed by atoms with E-state index in [-0.39, 0.29) is 5.78 Å². The van der Waals surface area contributed by atoms with Crippen LogP contribution in [0.1, 0.15) is 21.6 Å². The summed E-state index contributed by atoms with van der Waals surface area (Å²) in [6.07, 6.45) is 5.34. The number of carbonyl (C=O) groups is 1. The lowest BCUT2D eigenvalue weighted by Crippen LogP contribution is -2.02. The summed E-state index contributed by atoms with van der Waals surface area (Å²) in [5, 5.41) is 0. The predicted molar refractivity (Wildman–Crippen MR) is 96.0 cm³/mol. The van der Waals surface area contributed by atoms with E-state index in [1.165, 1.54) is 0 Å². The molecule has 24 heavy (non-hydrogen) atoms. The number of hydrogen-bond donors (Lipinski definition) is 0. The first-order valence-corrected chi connectivity index (χ1v) is 7.83. The summed E-state index contributed by atoms with van der Waals surface area (Å²) in [5.74, 6) is 0.530. The first kappa shape index (κ1) is 15.8. The molecule has 3 heteroatoms. The average Bonchev–Trinajstić information content (AvgIpc) is 3.04. The lowest BCUT2D eigenvalue weighted by Gasteiger charge is -2.09. The Kier molecular flexibility index (Phi) is 4.92. The Morgan fingerprint density at radius 2 is 1.75 bits per heavy atom. The molecule has 0 aliphatic heterocycles. The zero-order valence-corrected chi connectivity index (χ0v) is 13.6. The standard InChI is InChI=1S/C21H19NO2/c1-22-15-7-10-18(22)13-14-20(23)19-11-5-6-12-21(19)24-16-17-8-3-2-4-9-17/h2-15H,16H2,1H3/b14-13+. The second kappa shape index (κ2) is 7.47. The molecule has 0 saturated carbocycles. The highest BCUT2D eigenvalue weighted by Gasteiger charge is 2.09. The summed E-state index contributed by atoms with van der Waals surface area (Å²) < 4.78 is 7.81. The van der Waals surface area contributed by atoms with Crippen molar-refractivity contribution in [2.24, 2.45) is 7.05 Å². The number of benzene rings is 2. The van der Waals surface area contributed by atoms with E-state index >= 15 is 0 Å². The SMILES string of the molecule is Cn1cccc1/C=C/C(=O)c1ccccc1OCc1ccccc1. The van der Waals surface area contributed by atoms with Crippen LogP contribution in [-0.2, 0) is 13.7 Å². The van der Waals surface area contributed by atoms with E-state index in [1.54, 1.807) is 12.1 Å². The fraction of sp³-hybridized carbons (Fsp3) is 0.0952. The summed E-state index contributed by atoms with van der Waals surface area (Å²) in [7, 11) is 1.95. The van der Waals surface area contributed by atoms with Crippen molar-refractivity contribution in [1.29, 1.82) is 0 Å². The van der Waals surface area contributed by atoms with Gasteiger partial charge in [-0.2, -0.15) is 0 Å².